The highest BCUT2D eigenvalue weighted by Gasteiger charge is 2.47. The Morgan fingerprint density at radius 3 is 2.81 bits per heavy atom. The standard InChI is InChI=1S/C19H19FN2O3S2/c1-25-18-8-3-2-7-16(18)22-17-12-27(23,24)11-15(17)21-19(22)26-10-13-5-4-6-14(20)9-13/h2-9,15,17H,10-12H2,1H3. The second-order valence-corrected chi connectivity index (χ2v) is 9.68. The molecule has 1 saturated heterocycles. The van der Waals surface area contributed by atoms with Gasteiger partial charge in [-0.25, -0.2) is 12.8 Å². The van der Waals surface area contributed by atoms with Gasteiger partial charge < -0.3 is 9.64 Å². The van der Waals surface area contributed by atoms with E-state index in [1.807, 2.05) is 35.2 Å². The monoisotopic (exact) mass is 406 g/mol. The highest BCUT2D eigenvalue weighted by molar-refractivity contribution is 8.13. The molecule has 0 saturated carbocycles. The Bertz CT molecular complexity index is 994. The molecule has 0 bridgehead atoms. The molecule has 0 radical (unpaired) electrons. The van der Waals surface area contributed by atoms with Crippen LogP contribution in [0.5, 0.6) is 5.75 Å². The minimum Gasteiger partial charge on any atom is -0.495 e. The average Bonchev–Trinajstić information content (AvgIpc) is 3.11. The number of ether oxygens (including phenoxy) is 1. The Morgan fingerprint density at radius 2 is 2.04 bits per heavy atom. The van der Waals surface area contributed by atoms with Crippen molar-refractivity contribution in [2.45, 2.75) is 17.8 Å². The Morgan fingerprint density at radius 1 is 1.22 bits per heavy atom. The van der Waals surface area contributed by atoms with Crippen LogP contribution in [0.3, 0.4) is 0 Å². The molecule has 0 amide bonds. The number of hydrogen-bond acceptors (Lipinski definition) is 6. The van der Waals surface area contributed by atoms with Crippen molar-refractivity contribution in [1.29, 1.82) is 0 Å². The lowest BCUT2D eigenvalue weighted by molar-refractivity contribution is 0.415. The summed E-state index contributed by atoms with van der Waals surface area (Å²) in [6, 6.07) is 13.5. The zero-order valence-electron chi connectivity index (χ0n) is 14.7. The summed E-state index contributed by atoms with van der Waals surface area (Å²) in [6.45, 7) is 0. The summed E-state index contributed by atoms with van der Waals surface area (Å²) in [5, 5.41) is 0.744. The van der Waals surface area contributed by atoms with Crippen molar-refractivity contribution in [2.24, 2.45) is 4.99 Å². The second-order valence-electron chi connectivity index (χ2n) is 6.58. The topological polar surface area (TPSA) is 59.0 Å². The first-order chi connectivity index (χ1) is 13.0. The van der Waals surface area contributed by atoms with Crippen LogP contribution in [0.15, 0.2) is 53.5 Å². The van der Waals surface area contributed by atoms with E-state index in [4.69, 9.17) is 9.73 Å². The first kappa shape index (κ1) is 18.3. The number of aliphatic imine (C=N–C) groups is 1. The van der Waals surface area contributed by atoms with Crippen LogP contribution in [0.25, 0.3) is 0 Å². The summed E-state index contributed by atoms with van der Waals surface area (Å²) >= 11 is 1.48. The zero-order chi connectivity index (χ0) is 19.0. The first-order valence-corrected chi connectivity index (χ1v) is 11.4. The third-order valence-electron chi connectivity index (χ3n) is 4.71. The van der Waals surface area contributed by atoms with E-state index < -0.39 is 9.84 Å². The molecule has 2 atom stereocenters. The lowest BCUT2D eigenvalue weighted by Crippen LogP contribution is -2.39. The van der Waals surface area contributed by atoms with E-state index in [1.165, 1.54) is 23.9 Å². The number of methoxy groups -OCH3 is 1. The SMILES string of the molecule is COc1ccccc1N1C(SCc2cccc(F)c2)=NC2CS(=O)(=O)CC21. The molecule has 1 fully saturated rings. The molecule has 0 spiro atoms. The number of nitrogens with zero attached hydrogens (tertiary/aromatic N) is 2. The quantitative estimate of drug-likeness (QED) is 0.781. The fourth-order valence-corrected chi connectivity index (χ4v) is 6.42. The van der Waals surface area contributed by atoms with E-state index in [0.29, 0.717) is 11.5 Å². The number of benzene rings is 2. The molecular formula is C19H19FN2O3S2. The second kappa shape index (κ2) is 7.16. The number of hydrogen-bond donors (Lipinski definition) is 0. The number of rotatable bonds is 4. The fraction of sp³-hybridized carbons (Fsp3) is 0.316. The lowest BCUT2D eigenvalue weighted by Gasteiger charge is -2.27. The molecule has 142 valence electrons. The van der Waals surface area contributed by atoms with Crippen molar-refractivity contribution < 1.29 is 17.5 Å². The third-order valence-corrected chi connectivity index (χ3v) is 7.45. The van der Waals surface area contributed by atoms with Crippen LogP contribution in [-0.4, -0.2) is 44.3 Å². The fourth-order valence-electron chi connectivity index (χ4n) is 3.52. The maximum absolute atomic E-state index is 13.4. The van der Waals surface area contributed by atoms with Crippen molar-refractivity contribution in [3.05, 3.63) is 59.9 Å². The molecule has 2 unspecified atom stereocenters. The molecule has 2 heterocycles. The van der Waals surface area contributed by atoms with Gasteiger partial charge in [0.15, 0.2) is 15.0 Å². The molecule has 4 rings (SSSR count). The maximum atomic E-state index is 13.4. The van der Waals surface area contributed by atoms with Gasteiger partial charge in [-0.1, -0.05) is 36.0 Å². The van der Waals surface area contributed by atoms with Crippen LogP contribution in [0.2, 0.25) is 0 Å². The van der Waals surface area contributed by atoms with E-state index >= 15 is 0 Å². The average molecular weight is 407 g/mol. The van der Waals surface area contributed by atoms with Gasteiger partial charge in [0.1, 0.15) is 11.6 Å². The van der Waals surface area contributed by atoms with E-state index in [0.717, 1.165) is 16.4 Å². The van der Waals surface area contributed by atoms with E-state index in [2.05, 4.69) is 0 Å². The third kappa shape index (κ3) is 3.68. The highest BCUT2D eigenvalue weighted by atomic mass is 32.2. The van der Waals surface area contributed by atoms with Gasteiger partial charge in [0, 0.05) is 5.75 Å². The van der Waals surface area contributed by atoms with E-state index in [9.17, 15) is 12.8 Å². The van der Waals surface area contributed by atoms with Crippen molar-refractivity contribution in [2.75, 3.05) is 23.5 Å². The minimum atomic E-state index is -3.11. The number of thioether (sulfide) groups is 1. The number of para-hydroxylation sites is 2. The largest absolute Gasteiger partial charge is 0.495 e. The van der Waals surface area contributed by atoms with Gasteiger partial charge >= 0.3 is 0 Å². The molecule has 2 aromatic rings. The number of halogens is 1. The molecule has 2 aliphatic rings. The number of sulfone groups is 1. The van der Waals surface area contributed by atoms with Gasteiger partial charge in [-0.05, 0) is 29.8 Å². The summed E-state index contributed by atoms with van der Waals surface area (Å²) in [6.07, 6.45) is 0. The van der Waals surface area contributed by atoms with Crippen LogP contribution in [0.1, 0.15) is 5.56 Å². The predicted molar refractivity (Wildman–Crippen MR) is 107 cm³/mol. The van der Waals surface area contributed by atoms with Crippen molar-refractivity contribution in [3.8, 4) is 5.75 Å². The van der Waals surface area contributed by atoms with Crippen LogP contribution in [-0.2, 0) is 15.6 Å². The summed E-state index contributed by atoms with van der Waals surface area (Å²) in [5.74, 6) is 1.08. The molecule has 8 heteroatoms. The summed E-state index contributed by atoms with van der Waals surface area (Å²) in [4.78, 5) is 6.66. The normalized spacial score (nSPS) is 23.2. The Balaban J connectivity index is 1.65. The van der Waals surface area contributed by atoms with Crippen LogP contribution < -0.4 is 9.64 Å². The van der Waals surface area contributed by atoms with E-state index in [-0.39, 0.29) is 29.4 Å². The Labute approximate surface area is 162 Å². The highest BCUT2D eigenvalue weighted by Crippen LogP contribution is 2.39. The summed E-state index contributed by atoms with van der Waals surface area (Å²) in [5.41, 5.74) is 1.66. The first-order valence-electron chi connectivity index (χ1n) is 8.54. The van der Waals surface area contributed by atoms with Gasteiger partial charge in [-0.2, -0.15) is 0 Å². The molecule has 2 aromatic carbocycles. The molecule has 0 N–H and O–H groups in total. The van der Waals surface area contributed by atoms with Crippen LogP contribution in [0.4, 0.5) is 10.1 Å². The van der Waals surface area contributed by atoms with Gasteiger partial charge in [-0.15, -0.1) is 0 Å². The molecule has 0 aliphatic carbocycles. The molecule has 0 aromatic heterocycles. The smallest absolute Gasteiger partial charge is 0.164 e. The van der Waals surface area contributed by atoms with Gasteiger partial charge in [0.25, 0.3) is 0 Å². The number of amidine groups is 1. The molecule has 27 heavy (non-hydrogen) atoms. The van der Waals surface area contributed by atoms with Crippen molar-refractivity contribution in [3.63, 3.8) is 0 Å². The van der Waals surface area contributed by atoms with Gasteiger partial charge in [0.05, 0.1) is 36.4 Å². The Kier molecular flexibility index (Phi) is 4.86. The molecular weight excluding hydrogens is 387 g/mol. The number of anilines is 1. The summed E-state index contributed by atoms with van der Waals surface area (Å²) < 4.78 is 43.2. The molecule has 2 aliphatic heterocycles. The number of fused-ring (bicyclic) bond motifs is 1. The maximum Gasteiger partial charge on any atom is 0.164 e. The zero-order valence-corrected chi connectivity index (χ0v) is 16.3. The minimum absolute atomic E-state index is 0.0628. The van der Waals surface area contributed by atoms with E-state index in [1.54, 1.807) is 13.2 Å². The van der Waals surface area contributed by atoms with Gasteiger partial charge in [-0.3, -0.25) is 4.99 Å². The summed E-state index contributed by atoms with van der Waals surface area (Å²) in [7, 11) is -1.52. The van der Waals surface area contributed by atoms with Crippen molar-refractivity contribution >= 4 is 32.5 Å². The van der Waals surface area contributed by atoms with Crippen molar-refractivity contribution in [1.82, 2.24) is 0 Å². The van der Waals surface area contributed by atoms with Crippen LogP contribution in [0, 0.1) is 5.82 Å². The predicted octanol–water partition coefficient (Wildman–Crippen LogP) is 3.11. The Hall–Kier alpha value is -2.06. The molecule has 5 nitrogen and oxygen atoms in total. The van der Waals surface area contributed by atoms with Gasteiger partial charge in [0.2, 0.25) is 0 Å². The lowest BCUT2D eigenvalue weighted by atomic mass is 10.1. The van der Waals surface area contributed by atoms with Crippen LogP contribution >= 0.6 is 11.8 Å².